The third kappa shape index (κ3) is 2.84. The lowest BCUT2D eigenvalue weighted by Gasteiger charge is -2.12. The first kappa shape index (κ1) is 12.5. The predicted octanol–water partition coefficient (Wildman–Crippen LogP) is 1.35. The van der Waals surface area contributed by atoms with Gasteiger partial charge in [-0.1, -0.05) is 12.1 Å². The molecule has 1 unspecified atom stereocenters. The highest BCUT2D eigenvalue weighted by Crippen LogP contribution is 2.18. The van der Waals surface area contributed by atoms with Gasteiger partial charge >= 0.3 is 0 Å². The molecule has 6 nitrogen and oxygen atoms in total. The van der Waals surface area contributed by atoms with Gasteiger partial charge in [-0.2, -0.15) is 0 Å². The van der Waals surface area contributed by atoms with Crippen molar-refractivity contribution in [2.75, 3.05) is 12.3 Å². The van der Waals surface area contributed by atoms with Crippen LogP contribution in [0.1, 0.15) is 13.8 Å². The average Bonchev–Trinajstić information content (AvgIpc) is 2.77. The Morgan fingerprint density at radius 1 is 1.44 bits per heavy atom. The van der Waals surface area contributed by atoms with Crippen LogP contribution >= 0.6 is 0 Å². The summed E-state index contributed by atoms with van der Waals surface area (Å²) in [4.78, 5) is 0. The van der Waals surface area contributed by atoms with Gasteiger partial charge in [0.2, 0.25) is 0 Å². The lowest BCUT2D eigenvalue weighted by molar-refractivity contribution is 0.0614. The van der Waals surface area contributed by atoms with E-state index in [0.717, 1.165) is 5.56 Å². The van der Waals surface area contributed by atoms with E-state index in [4.69, 9.17) is 10.5 Å². The molecule has 0 radical (unpaired) electrons. The number of nitrogens with two attached hydrogens (primary N) is 1. The van der Waals surface area contributed by atoms with Crippen molar-refractivity contribution < 1.29 is 4.74 Å². The molecular formula is C12H17N5O. The Bertz CT molecular complexity index is 511. The van der Waals surface area contributed by atoms with Crippen molar-refractivity contribution in [1.29, 1.82) is 0 Å². The van der Waals surface area contributed by atoms with Crippen LogP contribution in [0.4, 0.5) is 5.69 Å². The number of tetrazole rings is 1. The molecule has 1 atom stereocenters. The topological polar surface area (TPSA) is 78.8 Å². The van der Waals surface area contributed by atoms with Crippen LogP contribution in [0.5, 0.6) is 0 Å². The standard InChI is InChI=1S/C12H17N5O/c1-3-18-9(2)8-17-12(14-15-16-17)10-5-4-6-11(13)7-10/h4-7,9H,3,8,13H2,1-2H3. The fourth-order valence-corrected chi connectivity index (χ4v) is 1.79. The molecule has 2 N–H and O–H groups in total. The molecule has 2 rings (SSSR count). The van der Waals surface area contributed by atoms with Crippen LogP contribution in [0.15, 0.2) is 24.3 Å². The predicted molar refractivity (Wildman–Crippen MR) is 68.8 cm³/mol. The summed E-state index contributed by atoms with van der Waals surface area (Å²) in [6.07, 6.45) is 0.0679. The van der Waals surface area contributed by atoms with E-state index in [-0.39, 0.29) is 6.10 Å². The normalized spacial score (nSPS) is 12.6. The maximum atomic E-state index is 5.76. The molecule has 1 aromatic carbocycles. The molecular weight excluding hydrogens is 230 g/mol. The SMILES string of the molecule is CCOC(C)Cn1nnnc1-c1cccc(N)c1. The van der Waals surface area contributed by atoms with Gasteiger partial charge in [-0.05, 0) is 36.4 Å². The Morgan fingerprint density at radius 2 is 2.28 bits per heavy atom. The zero-order valence-corrected chi connectivity index (χ0v) is 10.6. The van der Waals surface area contributed by atoms with Gasteiger partial charge in [0.25, 0.3) is 0 Å². The zero-order valence-electron chi connectivity index (χ0n) is 10.6. The second-order valence-corrected chi connectivity index (χ2v) is 4.08. The molecule has 0 bridgehead atoms. The van der Waals surface area contributed by atoms with E-state index in [1.54, 1.807) is 4.68 Å². The van der Waals surface area contributed by atoms with Gasteiger partial charge in [0.15, 0.2) is 5.82 Å². The van der Waals surface area contributed by atoms with Crippen LogP contribution in [0.3, 0.4) is 0 Å². The molecule has 0 amide bonds. The Balaban J connectivity index is 2.22. The quantitative estimate of drug-likeness (QED) is 0.807. The summed E-state index contributed by atoms with van der Waals surface area (Å²) < 4.78 is 7.22. The monoisotopic (exact) mass is 247 g/mol. The van der Waals surface area contributed by atoms with Gasteiger partial charge in [-0.25, -0.2) is 4.68 Å². The van der Waals surface area contributed by atoms with Crippen molar-refractivity contribution in [3.05, 3.63) is 24.3 Å². The number of ether oxygens (including phenoxy) is 1. The average molecular weight is 247 g/mol. The molecule has 6 heteroatoms. The molecule has 0 saturated heterocycles. The summed E-state index contributed by atoms with van der Waals surface area (Å²) in [5.74, 6) is 0.703. The highest BCUT2D eigenvalue weighted by Gasteiger charge is 2.12. The lowest BCUT2D eigenvalue weighted by Crippen LogP contribution is -2.18. The minimum Gasteiger partial charge on any atom is -0.399 e. The van der Waals surface area contributed by atoms with E-state index in [1.807, 2.05) is 38.1 Å². The summed E-state index contributed by atoms with van der Waals surface area (Å²) in [6.45, 7) is 5.26. The van der Waals surface area contributed by atoms with Crippen LogP contribution in [0, 0.1) is 0 Å². The van der Waals surface area contributed by atoms with Crippen LogP contribution in [-0.2, 0) is 11.3 Å². The summed E-state index contributed by atoms with van der Waals surface area (Å²) in [5, 5.41) is 11.7. The third-order valence-electron chi connectivity index (χ3n) is 2.56. The second kappa shape index (κ2) is 5.59. The molecule has 96 valence electrons. The number of anilines is 1. The van der Waals surface area contributed by atoms with E-state index in [2.05, 4.69) is 15.5 Å². The van der Waals surface area contributed by atoms with E-state index in [1.165, 1.54) is 0 Å². The van der Waals surface area contributed by atoms with Gasteiger partial charge in [-0.3, -0.25) is 0 Å². The van der Waals surface area contributed by atoms with E-state index < -0.39 is 0 Å². The van der Waals surface area contributed by atoms with E-state index in [0.29, 0.717) is 24.7 Å². The Hall–Kier alpha value is -1.95. The van der Waals surface area contributed by atoms with E-state index >= 15 is 0 Å². The van der Waals surface area contributed by atoms with Crippen LogP contribution in [-0.4, -0.2) is 32.9 Å². The number of nitrogen functional groups attached to an aromatic ring is 1. The highest BCUT2D eigenvalue weighted by atomic mass is 16.5. The molecule has 0 fully saturated rings. The largest absolute Gasteiger partial charge is 0.399 e. The fourth-order valence-electron chi connectivity index (χ4n) is 1.79. The van der Waals surface area contributed by atoms with Crippen molar-refractivity contribution in [3.63, 3.8) is 0 Å². The Kier molecular flexibility index (Phi) is 3.88. The van der Waals surface area contributed by atoms with Crippen LogP contribution < -0.4 is 5.73 Å². The zero-order chi connectivity index (χ0) is 13.0. The van der Waals surface area contributed by atoms with Gasteiger partial charge in [-0.15, -0.1) is 5.10 Å². The summed E-state index contributed by atoms with van der Waals surface area (Å²) in [7, 11) is 0. The lowest BCUT2D eigenvalue weighted by atomic mass is 10.2. The molecule has 1 aromatic heterocycles. The molecule has 0 spiro atoms. The third-order valence-corrected chi connectivity index (χ3v) is 2.56. The Labute approximate surface area is 106 Å². The first-order valence-electron chi connectivity index (χ1n) is 5.94. The minimum atomic E-state index is 0.0679. The molecule has 1 heterocycles. The summed E-state index contributed by atoms with van der Waals surface area (Å²) in [6, 6.07) is 7.51. The number of aromatic nitrogens is 4. The molecule has 0 aliphatic carbocycles. The minimum absolute atomic E-state index is 0.0679. The smallest absolute Gasteiger partial charge is 0.182 e. The number of benzene rings is 1. The summed E-state index contributed by atoms with van der Waals surface area (Å²) in [5.41, 5.74) is 7.36. The molecule has 0 aliphatic rings. The van der Waals surface area contributed by atoms with Crippen LogP contribution in [0.2, 0.25) is 0 Å². The second-order valence-electron chi connectivity index (χ2n) is 4.08. The number of rotatable bonds is 5. The number of nitrogens with zero attached hydrogens (tertiary/aromatic N) is 4. The molecule has 0 saturated carbocycles. The summed E-state index contributed by atoms with van der Waals surface area (Å²) >= 11 is 0. The highest BCUT2D eigenvalue weighted by molar-refractivity contribution is 5.60. The maximum Gasteiger partial charge on any atom is 0.182 e. The first-order chi connectivity index (χ1) is 8.70. The van der Waals surface area contributed by atoms with Crippen molar-refractivity contribution in [1.82, 2.24) is 20.2 Å². The number of hydrogen-bond acceptors (Lipinski definition) is 5. The van der Waals surface area contributed by atoms with Gasteiger partial charge in [0.1, 0.15) is 0 Å². The van der Waals surface area contributed by atoms with Gasteiger partial charge < -0.3 is 10.5 Å². The van der Waals surface area contributed by atoms with Crippen molar-refractivity contribution >= 4 is 5.69 Å². The van der Waals surface area contributed by atoms with Crippen LogP contribution in [0.25, 0.3) is 11.4 Å². The molecule has 2 aromatic rings. The fraction of sp³-hybridized carbons (Fsp3) is 0.417. The van der Waals surface area contributed by atoms with Gasteiger partial charge in [0, 0.05) is 17.9 Å². The first-order valence-corrected chi connectivity index (χ1v) is 5.94. The number of hydrogen-bond donors (Lipinski definition) is 1. The molecule has 18 heavy (non-hydrogen) atoms. The maximum absolute atomic E-state index is 5.76. The van der Waals surface area contributed by atoms with E-state index in [9.17, 15) is 0 Å². The van der Waals surface area contributed by atoms with Crippen molar-refractivity contribution in [3.8, 4) is 11.4 Å². The van der Waals surface area contributed by atoms with Crippen molar-refractivity contribution in [2.24, 2.45) is 0 Å². The molecule has 0 aliphatic heterocycles. The van der Waals surface area contributed by atoms with Crippen molar-refractivity contribution in [2.45, 2.75) is 26.5 Å². The Morgan fingerprint density at radius 3 is 3.00 bits per heavy atom. The van der Waals surface area contributed by atoms with Gasteiger partial charge in [0.05, 0.1) is 12.6 Å².